The van der Waals surface area contributed by atoms with E-state index in [0.717, 1.165) is 30.9 Å². The molecule has 0 spiro atoms. The van der Waals surface area contributed by atoms with Crippen LogP contribution in [0.25, 0.3) is 0 Å². The molecule has 104 valence electrons. The molecule has 1 atom stereocenters. The van der Waals surface area contributed by atoms with Gasteiger partial charge in [-0.3, -0.25) is 4.98 Å². The number of aromatic nitrogens is 3. The predicted octanol–water partition coefficient (Wildman–Crippen LogP) is 1.66. The number of anilines is 1. The average molecular weight is 271 g/mol. The molecule has 0 radical (unpaired) electrons. The number of fused-ring (bicyclic) bond motifs is 1. The molecule has 2 amide bonds. The number of nitrogens with zero attached hydrogens (tertiary/aromatic N) is 3. The van der Waals surface area contributed by atoms with E-state index in [1.807, 2.05) is 12.4 Å². The topological polar surface area (TPSA) is 71.8 Å². The lowest BCUT2D eigenvalue weighted by molar-refractivity contribution is 0.248. The van der Waals surface area contributed by atoms with Crippen LogP contribution < -0.4 is 10.6 Å². The van der Waals surface area contributed by atoms with Gasteiger partial charge in [-0.1, -0.05) is 0 Å². The second-order valence-electron chi connectivity index (χ2n) is 4.97. The van der Waals surface area contributed by atoms with Gasteiger partial charge in [0.1, 0.15) is 5.82 Å². The zero-order valence-electron chi connectivity index (χ0n) is 11.1. The molecule has 2 N–H and O–H groups in total. The standard InChI is InChI=1S/C14H17N5O/c20-14(18-12-1-4-15-5-2-12)17-10-11-3-7-19-8-6-16-13(19)9-11/h1-2,4-6,8,11H,3,7,9-10H2,(H2,15,17,18,20)/t11-/m0/s1. The molecule has 3 heterocycles. The third kappa shape index (κ3) is 2.96. The summed E-state index contributed by atoms with van der Waals surface area (Å²) in [4.78, 5) is 20.0. The summed E-state index contributed by atoms with van der Waals surface area (Å²) >= 11 is 0. The second-order valence-corrected chi connectivity index (χ2v) is 4.97. The first kappa shape index (κ1) is 12.7. The summed E-state index contributed by atoms with van der Waals surface area (Å²) in [5.41, 5.74) is 0.747. The number of aryl methyl sites for hydroxylation is 1. The number of amides is 2. The van der Waals surface area contributed by atoms with Gasteiger partial charge in [0.2, 0.25) is 0 Å². The van der Waals surface area contributed by atoms with Gasteiger partial charge in [-0.05, 0) is 24.5 Å². The van der Waals surface area contributed by atoms with Gasteiger partial charge < -0.3 is 15.2 Å². The zero-order valence-corrected chi connectivity index (χ0v) is 11.1. The van der Waals surface area contributed by atoms with Crippen LogP contribution in [0.3, 0.4) is 0 Å². The maximum absolute atomic E-state index is 11.8. The number of urea groups is 1. The number of nitrogens with one attached hydrogen (secondary N) is 2. The Balaban J connectivity index is 1.47. The lowest BCUT2D eigenvalue weighted by Crippen LogP contribution is -2.35. The number of hydrogen-bond acceptors (Lipinski definition) is 3. The van der Waals surface area contributed by atoms with Gasteiger partial charge >= 0.3 is 6.03 Å². The molecule has 1 aliphatic heterocycles. The monoisotopic (exact) mass is 271 g/mol. The van der Waals surface area contributed by atoms with Gasteiger partial charge in [-0.15, -0.1) is 0 Å². The fourth-order valence-corrected chi connectivity index (χ4v) is 2.44. The summed E-state index contributed by atoms with van der Waals surface area (Å²) in [6.45, 7) is 1.65. The van der Waals surface area contributed by atoms with Crippen LogP contribution in [0.5, 0.6) is 0 Å². The molecule has 2 aromatic rings. The number of carbonyl (C=O) groups is 1. The van der Waals surface area contributed by atoms with Crippen molar-refractivity contribution in [1.29, 1.82) is 0 Å². The van der Waals surface area contributed by atoms with E-state index in [4.69, 9.17) is 0 Å². The number of imidazole rings is 1. The van der Waals surface area contributed by atoms with E-state index in [1.54, 1.807) is 24.5 Å². The molecular weight excluding hydrogens is 254 g/mol. The molecule has 3 rings (SSSR count). The van der Waals surface area contributed by atoms with Gasteiger partial charge in [0.05, 0.1) is 0 Å². The van der Waals surface area contributed by atoms with Crippen molar-refractivity contribution >= 4 is 11.7 Å². The molecular formula is C14H17N5O. The minimum atomic E-state index is -0.176. The Kier molecular flexibility index (Phi) is 3.62. The minimum Gasteiger partial charge on any atom is -0.338 e. The Hall–Kier alpha value is -2.37. The molecule has 0 aromatic carbocycles. The number of hydrogen-bond donors (Lipinski definition) is 2. The Morgan fingerprint density at radius 2 is 2.20 bits per heavy atom. The van der Waals surface area contributed by atoms with E-state index < -0.39 is 0 Å². The SMILES string of the molecule is O=C(NC[C@H]1CCn2ccnc2C1)Nc1ccncc1. The number of rotatable bonds is 3. The van der Waals surface area contributed by atoms with Crippen LogP contribution in [0, 0.1) is 5.92 Å². The molecule has 0 fully saturated rings. The highest BCUT2D eigenvalue weighted by molar-refractivity contribution is 5.89. The predicted molar refractivity (Wildman–Crippen MR) is 75.3 cm³/mol. The molecule has 20 heavy (non-hydrogen) atoms. The highest BCUT2D eigenvalue weighted by atomic mass is 16.2. The fourth-order valence-electron chi connectivity index (χ4n) is 2.44. The highest BCUT2D eigenvalue weighted by Gasteiger charge is 2.19. The largest absolute Gasteiger partial charge is 0.338 e. The van der Waals surface area contributed by atoms with Crippen molar-refractivity contribution in [3.63, 3.8) is 0 Å². The van der Waals surface area contributed by atoms with Crippen molar-refractivity contribution in [3.8, 4) is 0 Å². The minimum absolute atomic E-state index is 0.176. The molecule has 0 unspecified atom stereocenters. The van der Waals surface area contributed by atoms with Crippen molar-refractivity contribution < 1.29 is 4.79 Å². The molecule has 2 aromatic heterocycles. The number of carbonyl (C=O) groups excluding carboxylic acids is 1. The summed E-state index contributed by atoms with van der Waals surface area (Å²) in [5, 5.41) is 5.70. The Bertz CT molecular complexity index is 580. The first-order valence-corrected chi connectivity index (χ1v) is 6.76. The lowest BCUT2D eigenvalue weighted by Gasteiger charge is -2.23. The quantitative estimate of drug-likeness (QED) is 0.891. The Morgan fingerprint density at radius 1 is 1.35 bits per heavy atom. The van der Waals surface area contributed by atoms with Crippen LogP contribution in [-0.4, -0.2) is 27.1 Å². The number of pyridine rings is 1. The lowest BCUT2D eigenvalue weighted by atomic mass is 9.98. The summed E-state index contributed by atoms with van der Waals surface area (Å²) in [6, 6.07) is 3.35. The normalized spacial score (nSPS) is 17.3. The second kappa shape index (κ2) is 5.73. The van der Waals surface area contributed by atoms with Crippen molar-refractivity contribution in [2.45, 2.75) is 19.4 Å². The molecule has 0 bridgehead atoms. The van der Waals surface area contributed by atoms with E-state index >= 15 is 0 Å². The maximum Gasteiger partial charge on any atom is 0.319 e. The van der Waals surface area contributed by atoms with E-state index in [0.29, 0.717) is 12.5 Å². The average Bonchev–Trinajstić information content (AvgIpc) is 2.93. The Morgan fingerprint density at radius 3 is 3.05 bits per heavy atom. The van der Waals surface area contributed by atoms with Crippen LogP contribution >= 0.6 is 0 Å². The van der Waals surface area contributed by atoms with Crippen LogP contribution in [0.15, 0.2) is 36.9 Å². The zero-order chi connectivity index (χ0) is 13.8. The summed E-state index contributed by atoms with van der Waals surface area (Å²) in [7, 11) is 0. The van der Waals surface area contributed by atoms with Gasteiger partial charge in [-0.2, -0.15) is 0 Å². The smallest absolute Gasteiger partial charge is 0.319 e. The van der Waals surface area contributed by atoms with Crippen molar-refractivity contribution in [2.24, 2.45) is 5.92 Å². The summed E-state index contributed by atoms with van der Waals surface area (Å²) < 4.78 is 2.17. The van der Waals surface area contributed by atoms with Crippen LogP contribution in [0.2, 0.25) is 0 Å². The fraction of sp³-hybridized carbons (Fsp3) is 0.357. The van der Waals surface area contributed by atoms with Gasteiger partial charge in [0, 0.05) is 50.0 Å². The third-order valence-corrected chi connectivity index (χ3v) is 3.54. The van der Waals surface area contributed by atoms with Gasteiger partial charge in [0.25, 0.3) is 0 Å². The molecule has 6 nitrogen and oxygen atoms in total. The van der Waals surface area contributed by atoms with E-state index in [1.165, 1.54) is 0 Å². The third-order valence-electron chi connectivity index (χ3n) is 3.54. The molecule has 0 saturated carbocycles. The molecule has 0 saturated heterocycles. The van der Waals surface area contributed by atoms with Crippen LogP contribution in [-0.2, 0) is 13.0 Å². The molecule has 6 heteroatoms. The summed E-state index contributed by atoms with van der Waals surface area (Å²) in [6.07, 6.45) is 9.13. The van der Waals surface area contributed by atoms with E-state index in [9.17, 15) is 4.79 Å². The first-order chi connectivity index (χ1) is 9.81. The van der Waals surface area contributed by atoms with Crippen molar-refractivity contribution in [1.82, 2.24) is 19.9 Å². The van der Waals surface area contributed by atoms with Crippen molar-refractivity contribution in [2.75, 3.05) is 11.9 Å². The van der Waals surface area contributed by atoms with Crippen LogP contribution in [0.4, 0.5) is 10.5 Å². The van der Waals surface area contributed by atoms with Gasteiger partial charge in [-0.25, -0.2) is 9.78 Å². The van der Waals surface area contributed by atoms with Gasteiger partial charge in [0.15, 0.2) is 0 Å². The molecule has 1 aliphatic rings. The summed E-state index contributed by atoms with van der Waals surface area (Å²) in [5.74, 6) is 1.56. The van der Waals surface area contributed by atoms with E-state index in [2.05, 4.69) is 25.2 Å². The van der Waals surface area contributed by atoms with E-state index in [-0.39, 0.29) is 6.03 Å². The Labute approximate surface area is 117 Å². The maximum atomic E-state index is 11.8. The van der Waals surface area contributed by atoms with Crippen LogP contribution in [0.1, 0.15) is 12.2 Å². The van der Waals surface area contributed by atoms with Crippen molar-refractivity contribution in [3.05, 3.63) is 42.7 Å². The first-order valence-electron chi connectivity index (χ1n) is 6.76. The highest BCUT2D eigenvalue weighted by Crippen LogP contribution is 2.18. The molecule has 0 aliphatic carbocycles.